The summed E-state index contributed by atoms with van der Waals surface area (Å²) in [6.07, 6.45) is 1.98. The molecule has 16 heavy (non-hydrogen) atoms. The maximum atomic E-state index is 13.5. The molecule has 0 saturated heterocycles. The van der Waals surface area contributed by atoms with Gasteiger partial charge in [0, 0.05) is 23.3 Å². The maximum Gasteiger partial charge on any atom is 0.128 e. The van der Waals surface area contributed by atoms with Crippen LogP contribution in [0.3, 0.4) is 0 Å². The Morgan fingerprint density at radius 3 is 2.44 bits per heavy atom. The third-order valence-corrected chi connectivity index (χ3v) is 2.63. The Bertz CT molecular complexity index is 497. The molecule has 2 rings (SSSR count). The molecule has 0 aliphatic rings. The fraction of sp³-hybridized carbons (Fsp3) is 0.0833. The minimum absolute atomic E-state index is 0.316. The molecule has 0 unspecified atom stereocenters. The highest BCUT2D eigenvalue weighted by atomic mass is 35.5. The molecule has 0 N–H and O–H groups in total. The standard InChI is InChI=1S/C12H8Cl2FN/c13-9-2-1-8(12(15)6-9)5-11-4-3-10(14)7-16-11/h1-4,6-7H,5H2. The van der Waals surface area contributed by atoms with E-state index >= 15 is 0 Å². The monoisotopic (exact) mass is 255 g/mol. The van der Waals surface area contributed by atoms with Crippen LogP contribution >= 0.6 is 23.2 Å². The summed E-state index contributed by atoms with van der Waals surface area (Å²) in [6, 6.07) is 8.13. The smallest absolute Gasteiger partial charge is 0.128 e. The first-order valence-corrected chi connectivity index (χ1v) is 5.45. The molecule has 1 aromatic heterocycles. The molecule has 0 aliphatic carbocycles. The van der Waals surface area contributed by atoms with Gasteiger partial charge in [-0.15, -0.1) is 0 Å². The van der Waals surface area contributed by atoms with Gasteiger partial charge in [-0.1, -0.05) is 29.3 Å². The first-order chi connectivity index (χ1) is 7.65. The van der Waals surface area contributed by atoms with Crippen LogP contribution in [0.5, 0.6) is 0 Å². The fourth-order valence-corrected chi connectivity index (χ4v) is 1.64. The Hall–Kier alpha value is -1.12. The number of pyridine rings is 1. The van der Waals surface area contributed by atoms with Crippen molar-refractivity contribution in [2.75, 3.05) is 0 Å². The molecule has 2 aromatic rings. The summed E-state index contributed by atoms with van der Waals surface area (Å²) in [5.41, 5.74) is 1.34. The average molecular weight is 256 g/mol. The predicted molar refractivity (Wildman–Crippen MR) is 63.5 cm³/mol. The second kappa shape index (κ2) is 4.81. The number of rotatable bonds is 2. The van der Waals surface area contributed by atoms with Gasteiger partial charge >= 0.3 is 0 Å². The Balaban J connectivity index is 2.23. The molecule has 1 heterocycles. The van der Waals surface area contributed by atoms with Crippen LogP contribution in [0.4, 0.5) is 4.39 Å². The van der Waals surface area contributed by atoms with E-state index < -0.39 is 0 Å². The van der Waals surface area contributed by atoms with E-state index in [1.165, 1.54) is 6.07 Å². The van der Waals surface area contributed by atoms with E-state index in [1.54, 1.807) is 30.5 Å². The number of hydrogen-bond acceptors (Lipinski definition) is 1. The lowest BCUT2D eigenvalue weighted by Gasteiger charge is -2.03. The molecule has 0 spiro atoms. The van der Waals surface area contributed by atoms with Crippen LogP contribution in [-0.4, -0.2) is 4.98 Å². The van der Waals surface area contributed by atoms with Crippen molar-refractivity contribution in [1.29, 1.82) is 0 Å². The minimum atomic E-state index is -0.316. The highest BCUT2D eigenvalue weighted by Gasteiger charge is 2.04. The molecule has 0 atom stereocenters. The van der Waals surface area contributed by atoms with Crippen LogP contribution in [0.15, 0.2) is 36.5 Å². The molecule has 0 fully saturated rings. The molecule has 0 saturated carbocycles. The van der Waals surface area contributed by atoms with Crippen molar-refractivity contribution >= 4 is 23.2 Å². The summed E-state index contributed by atoms with van der Waals surface area (Å²) >= 11 is 11.4. The number of aromatic nitrogens is 1. The minimum Gasteiger partial charge on any atom is -0.259 e. The van der Waals surface area contributed by atoms with Gasteiger partial charge in [-0.05, 0) is 29.8 Å². The van der Waals surface area contributed by atoms with E-state index in [0.29, 0.717) is 22.0 Å². The van der Waals surface area contributed by atoms with Crippen molar-refractivity contribution in [3.8, 4) is 0 Å². The molecule has 0 bridgehead atoms. The van der Waals surface area contributed by atoms with Crippen LogP contribution < -0.4 is 0 Å². The second-order valence-corrected chi connectivity index (χ2v) is 4.25. The summed E-state index contributed by atoms with van der Waals surface area (Å²) in [4.78, 5) is 4.11. The highest BCUT2D eigenvalue weighted by molar-refractivity contribution is 6.30. The molecule has 82 valence electrons. The quantitative estimate of drug-likeness (QED) is 0.787. The van der Waals surface area contributed by atoms with Crippen LogP contribution in [0.1, 0.15) is 11.3 Å². The zero-order valence-corrected chi connectivity index (χ0v) is 9.76. The number of halogens is 3. The lowest BCUT2D eigenvalue weighted by atomic mass is 10.1. The number of benzene rings is 1. The van der Waals surface area contributed by atoms with Crippen molar-refractivity contribution in [1.82, 2.24) is 4.98 Å². The Labute approximate surface area is 103 Å². The molecular weight excluding hydrogens is 248 g/mol. The van der Waals surface area contributed by atoms with Gasteiger partial charge in [0.2, 0.25) is 0 Å². The molecule has 1 nitrogen and oxygen atoms in total. The third kappa shape index (κ3) is 2.71. The molecule has 1 aromatic carbocycles. The number of nitrogens with zero attached hydrogens (tertiary/aromatic N) is 1. The van der Waals surface area contributed by atoms with Crippen molar-refractivity contribution in [2.45, 2.75) is 6.42 Å². The van der Waals surface area contributed by atoms with Crippen molar-refractivity contribution in [3.63, 3.8) is 0 Å². The SMILES string of the molecule is Fc1cc(Cl)ccc1Cc1ccc(Cl)cn1. The van der Waals surface area contributed by atoms with Crippen molar-refractivity contribution in [3.05, 3.63) is 63.6 Å². The van der Waals surface area contributed by atoms with E-state index in [4.69, 9.17) is 23.2 Å². The maximum absolute atomic E-state index is 13.5. The van der Waals surface area contributed by atoms with Crippen LogP contribution in [0.2, 0.25) is 10.0 Å². The van der Waals surface area contributed by atoms with Crippen LogP contribution in [0, 0.1) is 5.82 Å². The molecule has 0 aliphatic heterocycles. The van der Waals surface area contributed by atoms with E-state index in [9.17, 15) is 4.39 Å². The van der Waals surface area contributed by atoms with E-state index in [1.807, 2.05) is 0 Å². The largest absolute Gasteiger partial charge is 0.259 e. The predicted octanol–water partition coefficient (Wildman–Crippen LogP) is 4.12. The van der Waals surface area contributed by atoms with Gasteiger partial charge in [-0.3, -0.25) is 4.98 Å². The zero-order chi connectivity index (χ0) is 11.5. The lowest BCUT2D eigenvalue weighted by Crippen LogP contribution is -1.94. The summed E-state index contributed by atoms with van der Waals surface area (Å²) in [7, 11) is 0. The Kier molecular flexibility index (Phi) is 3.42. The van der Waals surface area contributed by atoms with Gasteiger partial charge in [-0.2, -0.15) is 0 Å². The second-order valence-electron chi connectivity index (χ2n) is 3.38. The van der Waals surface area contributed by atoms with Gasteiger partial charge in [0.1, 0.15) is 5.82 Å². The average Bonchev–Trinajstić information content (AvgIpc) is 2.25. The topological polar surface area (TPSA) is 12.9 Å². The third-order valence-electron chi connectivity index (χ3n) is 2.18. The lowest BCUT2D eigenvalue weighted by molar-refractivity contribution is 0.613. The van der Waals surface area contributed by atoms with E-state index in [2.05, 4.69) is 4.98 Å². The van der Waals surface area contributed by atoms with Gasteiger partial charge in [0.15, 0.2) is 0 Å². The first kappa shape index (κ1) is 11.4. The fourth-order valence-electron chi connectivity index (χ4n) is 1.37. The highest BCUT2D eigenvalue weighted by Crippen LogP contribution is 2.17. The Morgan fingerprint density at radius 2 is 1.81 bits per heavy atom. The summed E-state index contributed by atoms with van der Waals surface area (Å²) in [6.45, 7) is 0. The molecule has 0 amide bonds. The number of hydrogen-bond donors (Lipinski definition) is 0. The summed E-state index contributed by atoms with van der Waals surface area (Å²) in [5.74, 6) is -0.316. The summed E-state index contributed by atoms with van der Waals surface area (Å²) in [5, 5.41) is 0.964. The van der Waals surface area contributed by atoms with Gasteiger partial charge in [-0.25, -0.2) is 4.39 Å². The first-order valence-electron chi connectivity index (χ1n) is 4.69. The van der Waals surface area contributed by atoms with Gasteiger partial charge in [0.05, 0.1) is 5.02 Å². The van der Waals surface area contributed by atoms with E-state index in [0.717, 1.165) is 5.69 Å². The summed E-state index contributed by atoms with van der Waals surface area (Å²) < 4.78 is 13.5. The van der Waals surface area contributed by atoms with Crippen LogP contribution in [-0.2, 0) is 6.42 Å². The van der Waals surface area contributed by atoms with Crippen molar-refractivity contribution < 1.29 is 4.39 Å². The van der Waals surface area contributed by atoms with Gasteiger partial charge < -0.3 is 0 Å². The Morgan fingerprint density at radius 1 is 1.06 bits per heavy atom. The van der Waals surface area contributed by atoms with E-state index in [-0.39, 0.29) is 5.82 Å². The normalized spacial score (nSPS) is 10.4. The van der Waals surface area contributed by atoms with Gasteiger partial charge in [0.25, 0.3) is 0 Å². The van der Waals surface area contributed by atoms with Crippen molar-refractivity contribution in [2.24, 2.45) is 0 Å². The molecule has 4 heteroatoms. The molecular formula is C12H8Cl2FN. The molecule has 0 radical (unpaired) electrons. The zero-order valence-electron chi connectivity index (χ0n) is 8.25. The van der Waals surface area contributed by atoms with Crippen LogP contribution in [0.25, 0.3) is 0 Å².